The van der Waals surface area contributed by atoms with Gasteiger partial charge in [0.2, 0.25) is 5.91 Å². The van der Waals surface area contributed by atoms with Gasteiger partial charge in [0.25, 0.3) is 0 Å². The molecule has 0 bridgehead atoms. The number of aromatic nitrogens is 3. The smallest absolute Gasteiger partial charge is 0.226 e. The molecule has 6 nitrogen and oxygen atoms in total. The van der Waals surface area contributed by atoms with Gasteiger partial charge in [-0.2, -0.15) is 10.4 Å². The molecule has 1 aromatic carbocycles. The minimum Gasteiger partial charge on any atom is -0.320 e. The third-order valence-corrected chi connectivity index (χ3v) is 6.21. The fraction of sp³-hybridized carbons (Fsp3) is 0.348. The van der Waals surface area contributed by atoms with Gasteiger partial charge in [0.05, 0.1) is 23.4 Å². The van der Waals surface area contributed by atoms with Crippen molar-refractivity contribution in [3.63, 3.8) is 0 Å². The zero-order valence-electron chi connectivity index (χ0n) is 16.4. The van der Waals surface area contributed by atoms with Crippen molar-refractivity contribution in [2.75, 3.05) is 5.32 Å². The van der Waals surface area contributed by atoms with Gasteiger partial charge in [-0.25, -0.2) is 4.68 Å². The molecule has 3 aromatic rings. The maximum Gasteiger partial charge on any atom is 0.226 e. The number of fused-ring (bicyclic) bond motifs is 1. The molecular formula is C23H23N5O. The first-order chi connectivity index (χ1) is 14.2. The van der Waals surface area contributed by atoms with Crippen molar-refractivity contribution in [3.05, 3.63) is 65.1 Å². The Morgan fingerprint density at radius 2 is 1.93 bits per heavy atom. The number of hydrogen-bond donors (Lipinski definition) is 1. The van der Waals surface area contributed by atoms with Crippen LogP contribution in [0.25, 0.3) is 5.69 Å². The average molecular weight is 385 g/mol. The van der Waals surface area contributed by atoms with Gasteiger partial charge in [-0.15, -0.1) is 0 Å². The summed E-state index contributed by atoms with van der Waals surface area (Å²) < 4.78 is 4.18. The molecule has 6 heteroatoms. The van der Waals surface area contributed by atoms with E-state index in [2.05, 4.69) is 26.7 Å². The van der Waals surface area contributed by atoms with Crippen LogP contribution in [0.5, 0.6) is 0 Å². The fourth-order valence-corrected chi connectivity index (χ4v) is 4.85. The average Bonchev–Trinajstić information content (AvgIpc) is 3.48. The second-order valence-corrected chi connectivity index (χ2v) is 8.00. The molecule has 1 aliphatic carbocycles. The Bertz CT molecular complexity index is 1110. The second kappa shape index (κ2) is 6.93. The van der Waals surface area contributed by atoms with E-state index in [0.717, 1.165) is 41.3 Å². The van der Waals surface area contributed by atoms with Crippen molar-refractivity contribution in [2.24, 2.45) is 0 Å². The van der Waals surface area contributed by atoms with E-state index in [9.17, 15) is 4.79 Å². The number of carbonyl (C=O) groups is 1. The number of carbonyl (C=O) groups excluding carboxylic acids is 1. The summed E-state index contributed by atoms with van der Waals surface area (Å²) in [5, 5.41) is 17.0. The third-order valence-electron chi connectivity index (χ3n) is 6.21. The largest absolute Gasteiger partial charge is 0.320 e. The topological polar surface area (TPSA) is 75.6 Å². The standard InChI is InChI=1S/C23H23N5O/c1-15-22-19(13-21(29)25-23(22)28(26-15)18-5-2-3-6-18)20-7-4-12-27(20)17-10-8-16(14-24)9-11-17/h4,7-12,18-19H,2-3,5-6,13H2,1H3,(H,25,29). The number of benzene rings is 1. The Balaban J connectivity index is 1.60. The molecule has 0 radical (unpaired) electrons. The number of rotatable bonds is 3. The van der Waals surface area contributed by atoms with Gasteiger partial charge in [-0.1, -0.05) is 12.8 Å². The van der Waals surface area contributed by atoms with E-state index in [1.165, 1.54) is 12.8 Å². The number of nitrogens with one attached hydrogen (secondary N) is 1. The molecule has 1 amide bonds. The monoisotopic (exact) mass is 385 g/mol. The lowest BCUT2D eigenvalue weighted by Gasteiger charge is -2.26. The highest BCUT2D eigenvalue weighted by atomic mass is 16.1. The maximum atomic E-state index is 12.6. The van der Waals surface area contributed by atoms with Crippen molar-refractivity contribution in [2.45, 2.75) is 51.0 Å². The van der Waals surface area contributed by atoms with Crippen molar-refractivity contribution in [1.82, 2.24) is 14.3 Å². The quantitative estimate of drug-likeness (QED) is 0.724. The van der Waals surface area contributed by atoms with E-state index in [1.807, 2.05) is 43.5 Å². The molecule has 0 spiro atoms. The van der Waals surface area contributed by atoms with Crippen LogP contribution in [0.3, 0.4) is 0 Å². The van der Waals surface area contributed by atoms with Gasteiger partial charge in [0.1, 0.15) is 5.82 Å². The van der Waals surface area contributed by atoms with Gasteiger partial charge >= 0.3 is 0 Å². The Hall–Kier alpha value is -3.33. The van der Waals surface area contributed by atoms with E-state index < -0.39 is 0 Å². The lowest BCUT2D eigenvalue weighted by molar-refractivity contribution is -0.116. The molecule has 1 atom stereocenters. The molecule has 5 rings (SSSR count). The molecule has 3 heterocycles. The minimum absolute atomic E-state index is 0.0363. The zero-order valence-corrected chi connectivity index (χ0v) is 16.4. The number of amides is 1. The summed E-state index contributed by atoms with van der Waals surface area (Å²) in [5.74, 6) is 0.872. The first kappa shape index (κ1) is 17.7. The van der Waals surface area contributed by atoms with E-state index in [4.69, 9.17) is 10.4 Å². The van der Waals surface area contributed by atoms with Crippen LogP contribution < -0.4 is 5.32 Å². The number of nitrogens with zero attached hydrogens (tertiary/aromatic N) is 4. The molecule has 1 aliphatic heterocycles. The Labute approximate surface area is 169 Å². The minimum atomic E-state index is -0.0421. The molecular weight excluding hydrogens is 362 g/mol. The number of nitriles is 1. The summed E-state index contributed by atoms with van der Waals surface area (Å²) in [6, 6.07) is 14.2. The highest BCUT2D eigenvalue weighted by molar-refractivity contribution is 5.94. The summed E-state index contributed by atoms with van der Waals surface area (Å²) in [6.07, 6.45) is 7.10. The van der Waals surface area contributed by atoms with Crippen LogP contribution in [-0.2, 0) is 4.79 Å². The maximum absolute atomic E-state index is 12.6. The molecule has 2 aliphatic rings. The summed E-state index contributed by atoms with van der Waals surface area (Å²) in [7, 11) is 0. The first-order valence-corrected chi connectivity index (χ1v) is 10.2. The van der Waals surface area contributed by atoms with Gasteiger partial charge in [-0.3, -0.25) is 4.79 Å². The molecule has 1 unspecified atom stereocenters. The van der Waals surface area contributed by atoms with Crippen molar-refractivity contribution in [3.8, 4) is 11.8 Å². The van der Waals surface area contributed by atoms with E-state index in [-0.39, 0.29) is 11.8 Å². The summed E-state index contributed by atoms with van der Waals surface area (Å²) in [5.41, 5.74) is 4.81. The van der Waals surface area contributed by atoms with Crippen molar-refractivity contribution in [1.29, 1.82) is 5.26 Å². The number of hydrogen-bond acceptors (Lipinski definition) is 3. The van der Waals surface area contributed by atoms with Crippen LogP contribution in [0.1, 0.15) is 66.6 Å². The van der Waals surface area contributed by atoms with Crippen LogP contribution in [0.4, 0.5) is 5.82 Å². The van der Waals surface area contributed by atoms with Crippen LogP contribution in [-0.4, -0.2) is 20.3 Å². The predicted octanol–water partition coefficient (Wildman–Crippen LogP) is 4.44. The number of aryl methyl sites for hydroxylation is 1. The van der Waals surface area contributed by atoms with E-state index >= 15 is 0 Å². The molecule has 1 N–H and O–H groups in total. The highest BCUT2D eigenvalue weighted by Gasteiger charge is 2.35. The molecule has 29 heavy (non-hydrogen) atoms. The van der Waals surface area contributed by atoms with Crippen LogP contribution in [0, 0.1) is 18.3 Å². The van der Waals surface area contributed by atoms with Gasteiger partial charge in [0, 0.05) is 35.5 Å². The van der Waals surface area contributed by atoms with Crippen molar-refractivity contribution < 1.29 is 4.79 Å². The summed E-state index contributed by atoms with van der Waals surface area (Å²) in [4.78, 5) is 12.6. The van der Waals surface area contributed by atoms with Gasteiger partial charge in [0.15, 0.2) is 0 Å². The van der Waals surface area contributed by atoms with Crippen LogP contribution in [0.2, 0.25) is 0 Å². The lowest BCUT2D eigenvalue weighted by Crippen LogP contribution is -2.26. The van der Waals surface area contributed by atoms with Gasteiger partial charge < -0.3 is 9.88 Å². The van der Waals surface area contributed by atoms with Crippen LogP contribution >= 0.6 is 0 Å². The summed E-state index contributed by atoms with van der Waals surface area (Å²) >= 11 is 0. The second-order valence-electron chi connectivity index (χ2n) is 8.00. The zero-order chi connectivity index (χ0) is 20.0. The van der Waals surface area contributed by atoms with Gasteiger partial charge in [-0.05, 0) is 56.2 Å². The van der Waals surface area contributed by atoms with E-state index in [0.29, 0.717) is 18.0 Å². The lowest BCUT2D eigenvalue weighted by atomic mass is 9.89. The first-order valence-electron chi connectivity index (χ1n) is 10.2. The summed E-state index contributed by atoms with van der Waals surface area (Å²) in [6.45, 7) is 2.05. The Morgan fingerprint density at radius 3 is 2.66 bits per heavy atom. The highest BCUT2D eigenvalue weighted by Crippen LogP contribution is 2.43. The fourth-order valence-electron chi connectivity index (χ4n) is 4.85. The molecule has 146 valence electrons. The van der Waals surface area contributed by atoms with Crippen molar-refractivity contribution >= 4 is 11.7 Å². The van der Waals surface area contributed by atoms with E-state index in [1.54, 1.807) is 0 Å². The molecule has 1 saturated carbocycles. The molecule has 2 aromatic heterocycles. The SMILES string of the molecule is Cc1nn(C2CCCC2)c2c1C(c1cccn1-c1ccc(C#N)cc1)CC(=O)N2. The predicted molar refractivity (Wildman–Crippen MR) is 110 cm³/mol. The third kappa shape index (κ3) is 2.94. The molecule has 0 saturated heterocycles. The van der Waals surface area contributed by atoms with Crippen LogP contribution in [0.15, 0.2) is 42.6 Å². The normalized spacial score (nSPS) is 19.0. The Morgan fingerprint density at radius 1 is 1.17 bits per heavy atom. The Kier molecular flexibility index (Phi) is 4.24. The number of anilines is 1. The molecule has 1 fully saturated rings.